The fourth-order valence-electron chi connectivity index (χ4n) is 2.18. The topological polar surface area (TPSA) is 98.5 Å². The molecule has 0 bridgehead atoms. The molecule has 0 radical (unpaired) electrons. The fraction of sp³-hybridized carbons (Fsp3) is 0.476. The number of ether oxygens (including phenoxy) is 1. The zero-order chi connectivity index (χ0) is 21.4. The van der Waals surface area contributed by atoms with Gasteiger partial charge in [-0.05, 0) is 49.6 Å². The van der Waals surface area contributed by atoms with Gasteiger partial charge in [-0.25, -0.2) is 8.42 Å². The van der Waals surface area contributed by atoms with Gasteiger partial charge in [0.05, 0.1) is 10.6 Å². The lowest BCUT2D eigenvalue weighted by Crippen LogP contribution is -2.34. The van der Waals surface area contributed by atoms with Crippen molar-refractivity contribution in [2.75, 3.05) is 18.9 Å². The summed E-state index contributed by atoms with van der Waals surface area (Å²) in [6.45, 7) is 11.9. The number of benzene rings is 1. The summed E-state index contributed by atoms with van der Waals surface area (Å²) >= 11 is 0. The lowest BCUT2D eigenvalue weighted by Gasteiger charge is -2.18. The van der Waals surface area contributed by atoms with Crippen molar-refractivity contribution in [3.8, 4) is 5.75 Å². The predicted octanol–water partition coefficient (Wildman–Crippen LogP) is 3.20. The minimum absolute atomic E-state index is 0.0203. The summed E-state index contributed by atoms with van der Waals surface area (Å²) in [5.74, 6) is 0.435. The van der Waals surface area contributed by atoms with Crippen LogP contribution in [0.15, 0.2) is 53.1 Å². The van der Waals surface area contributed by atoms with Crippen LogP contribution in [-0.2, 0) is 14.6 Å². The molecular weight excluding hydrogens is 376 g/mol. The van der Waals surface area contributed by atoms with Crippen LogP contribution in [0.5, 0.6) is 5.75 Å². The summed E-state index contributed by atoms with van der Waals surface area (Å²) < 4.78 is 30.6. The van der Waals surface area contributed by atoms with Gasteiger partial charge in [0.2, 0.25) is 5.91 Å². The quantitative estimate of drug-likeness (QED) is 0.579. The minimum atomic E-state index is -3.41. The first kappa shape index (κ1) is 23.9. The summed E-state index contributed by atoms with van der Waals surface area (Å²) in [6.07, 6.45) is 2.69. The van der Waals surface area contributed by atoms with Crippen molar-refractivity contribution in [1.29, 1.82) is 0 Å². The normalized spacial score (nSPS) is 12.5. The maximum atomic E-state index is 12.5. The summed E-state index contributed by atoms with van der Waals surface area (Å²) in [6, 6.07) is 6.36. The molecule has 0 atom stereocenters. The van der Waals surface area contributed by atoms with E-state index in [2.05, 4.69) is 11.9 Å². The van der Waals surface area contributed by atoms with Crippen molar-refractivity contribution in [2.24, 2.45) is 11.1 Å². The Kier molecular flexibility index (Phi) is 8.91. The average Bonchev–Trinajstić information content (AvgIpc) is 2.62. The SMILES string of the molecule is C=C(CCCS(=O)(=O)c1ccc(OC/C(=C/C)CN)cc1)NC(=O)C(C)(C)C. The maximum absolute atomic E-state index is 12.5. The highest BCUT2D eigenvalue weighted by atomic mass is 32.2. The minimum Gasteiger partial charge on any atom is -0.489 e. The van der Waals surface area contributed by atoms with Gasteiger partial charge >= 0.3 is 0 Å². The van der Waals surface area contributed by atoms with E-state index in [4.69, 9.17) is 10.5 Å². The standard InChI is InChI=1S/C21H32N2O4S/c1-6-17(14-22)15-27-18-9-11-19(12-10-18)28(25,26)13-7-8-16(2)23-20(24)21(3,4)5/h6,9-12H,2,7-8,13-15,22H2,1,3-5H3,(H,23,24)/b17-6+. The fourth-order valence-corrected chi connectivity index (χ4v) is 3.49. The predicted molar refractivity (Wildman–Crippen MR) is 113 cm³/mol. The second-order valence-corrected chi connectivity index (χ2v) is 9.75. The Morgan fingerprint density at radius 2 is 1.86 bits per heavy atom. The van der Waals surface area contributed by atoms with Crippen LogP contribution in [0.25, 0.3) is 0 Å². The van der Waals surface area contributed by atoms with Crippen molar-refractivity contribution in [3.05, 3.63) is 48.2 Å². The number of carbonyl (C=O) groups is 1. The van der Waals surface area contributed by atoms with Gasteiger partial charge in [0.15, 0.2) is 9.84 Å². The van der Waals surface area contributed by atoms with Crippen LogP contribution in [-0.4, -0.2) is 33.2 Å². The largest absolute Gasteiger partial charge is 0.489 e. The molecule has 0 aliphatic carbocycles. The summed E-state index contributed by atoms with van der Waals surface area (Å²) in [4.78, 5) is 12.2. The van der Waals surface area contributed by atoms with Gasteiger partial charge in [0.1, 0.15) is 12.4 Å². The molecule has 0 heterocycles. The van der Waals surface area contributed by atoms with Crippen LogP contribution < -0.4 is 15.8 Å². The van der Waals surface area contributed by atoms with E-state index in [0.717, 1.165) is 5.57 Å². The first-order valence-electron chi connectivity index (χ1n) is 9.28. The number of nitrogens with one attached hydrogen (secondary N) is 1. The molecule has 28 heavy (non-hydrogen) atoms. The number of nitrogens with two attached hydrogens (primary N) is 1. The molecule has 3 N–H and O–H groups in total. The number of hydrogen-bond acceptors (Lipinski definition) is 5. The summed E-state index contributed by atoms with van der Waals surface area (Å²) in [5, 5.41) is 2.73. The Morgan fingerprint density at radius 1 is 1.25 bits per heavy atom. The molecule has 0 unspecified atom stereocenters. The molecule has 0 fully saturated rings. The highest BCUT2D eigenvalue weighted by Gasteiger charge is 2.21. The Labute approximate surface area is 168 Å². The molecule has 1 rings (SSSR count). The molecule has 1 amide bonds. The molecule has 0 aromatic heterocycles. The summed E-state index contributed by atoms with van der Waals surface area (Å²) in [5.41, 5.74) is 6.56. The van der Waals surface area contributed by atoms with Gasteiger partial charge in [0.25, 0.3) is 0 Å². The first-order valence-corrected chi connectivity index (χ1v) is 10.9. The maximum Gasteiger partial charge on any atom is 0.229 e. The number of hydrogen-bond donors (Lipinski definition) is 2. The number of amides is 1. The van der Waals surface area contributed by atoms with Gasteiger partial charge in [0, 0.05) is 17.7 Å². The monoisotopic (exact) mass is 408 g/mol. The summed E-state index contributed by atoms with van der Waals surface area (Å²) in [7, 11) is -3.41. The zero-order valence-corrected chi connectivity index (χ0v) is 18.1. The van der Waals surface area contributed by atoms with E-state index in [1.165, 1.54) is 0 Å². The van der Waals surface area contributed by atoms with Crippen molar-refractivity contribution < 1.29 is 17.9 Å². The Bertz CT molecular complexity index is 804. The van der Waals surface area contributed by atoms with Crippen LogP contribution in [0.4, 0.5) is 0 Å². The Balaban J connectivity index is 2.56. The molecule has 1 aromatic carbocycles. The van der Waals surface area contributed by atoms with Crippen LogP contribution in [0.1, 0.15) is 40.5 Å². The molecule has 7 heteroatoms. The molecule has 1 aromatic rings. The van der Waals surface area contributed by atoms with E-state index in [1.807, 2.05) is 33.8 Å². The lowest BCUT2D eigenvalue weighted by molar-refractivity contribution is -0.127. The van der Waals surface area contributed by atoms with Crippen molar-refractivity contribution in [1.82, 2.24) is 5.32 Å². The van der Waals surface area contributed by atoms with E-state index in [9.17, 15) is 13.2 Å². The number of allylic oxidation sites excluding steroid dienone is 2. The van der Waals surface area contributed by atoms with Crippen LogP contribution >= 0.6 is 0 Å². The first-order chi connectivity index (χ1) is 13.0. The van der Waals surface area contributed by atoms with E-state index in [-0.39, 0.29) is 16.6 Å². The van der Waals surface area contributed by atoms with E-state index < -0.39 is 15.3 Å². The van der Waals surface area contributed by atoms with E-state index >= 15 is 0 Å². The average molecular weight is 409 g/mol. The van der Waals surface area contributed by atoms with Crippen molar-refractivity contribution in [2.45, 2.75) is 45.4 Å². The molecule has 0 spiro atoms. The molecule has 0 saturated carbocycles. The van der Waals surface area contributed by atoms with Crippen LogP contribution in [0.3, 0.4) is 0 Å². The Hall–Kier alpha value is -2.12. The van der Waals surface area contributed by atoms with Gasteiger partial charge in [-0.2, -0.15) is 0 Å². The lowest BCUT2D eigenvalue weighted by atomic mass is 9.95. The van der Waals surface area contributed by atoms with E-state index in [0.29, 0.717) is 37.4 Å². The second-order valence-electron chi connectivity index (χ2n) is 7.64. The zero-order valence-electron chi connectivity index (χ0n) is 17.2. The smallest absolute Gasteiger partial charge is 0.229 e. The highest BCUT2D eigenvalue weighted by molar-refractivity contribution is 7.91. The molecule has 0 aliphatic rings. The third-order valence-electron chi connectivity index (χ3n) is 4.14. The molecule has 0 saturated heterocycles. The van der Waals surface area contributed by atoms with Crippen LogP contribution in [0.2, 0.25) is 0 Å². The van der Waals surface area contributed by atoms with Crippen molar-refractivity contribution >= 4 is 15.7 Å². The number of rotatable bonds is 10. The van der Waals surface area contributed by atoms with Gasteiger partial charge in [-0.1, -0.05) is 33.4 Å². The highest BCUT2D eigenvalue weighted by Crippen LogP contribution is 2.19. The molecule has 6 nitrogen and oxygen atoms in total. The number of carbonyl (C=O) groups excluding carboxylic acids is 1. The van der Waals surface area contributed by atoms with Gasteiger partial charge in [-0.15, -0.1) is 0 Å². The Morgan fingerprint density at radius 3 is 2.36 bits per heavy atom. The molecular formula is C21H32N2O4S. The molecule has 0 aliphatic heterocycles. The van der Waals surface area contributed by atoms with Crippen LogP contribution in [0, 0.1) is 5.41 Å². The number of sulfone groups is 1. The van der Waals surface area contributed by atoms with Gasteiger partial charge in [-0.3, -0.25) is 4.79 Å². The third kappa shape index (κ3) is 7.86. The van der Waals surface area contributed by atoms with Gasteiger partial charge < -0.3 is 15.8 Å². The third-order valence-corrected chi connectivity index (χ3v) is 5.96. The van der Waals surface area contributed by atoms with Crippen molar-refractivity contribution in [3.63, 3.8) is 0 Å². The second kappa shape index (κ2) is 10.4. The van der Waals surface area contributed by atoms with E-state index in [1.54, 1.807) is 24.3 Å². The molecule has 156 valence electrons.